The number of benzene rings is 1. The topological polar surface area (TPSA) is 33.1 Å². The molecule has 0 bridgehead atoms. The third kappa shape index (κ3) is 3.84. The highest BCUT2D eigenvalue weighted by Gasteiger charge is 2.08. The van der Waals surface area contributed by atoms with E-state index in [0.29, 0.717) is 6.04 Å². The lowest BCUT2D eigenvalue weighted by Crippen LogP contribution is -2.26. The van der Waals surface area contributed by atoms with E-state index >= 15 is 0 Å². The molecule has 1 heterocycles. The summed E-state index contributed by atoms with van der Waals surface area (Å²) < 4.78 is 1.92. The molecular formula is C16H24N4. The Bertz CT molecular complexity index is 506. The van der Waals surface area contributed by atoms with Gasteiger partial charge in [0.2, 0.25) is 0 Å². The Hall–Kier alpha value is -1.81. The van der Waals surface area contributed by atoms with Gasteiger partial charge in [-0.25, -0.2) is 0 Å². The van der Waals surface area contributed by atoms with Gasteiger partial charge in [0.05, 0.1) is 5.69 Å². The zero-order chi connectivity index (χ0) is 14.4. The van der Waals surface area contributed by atoms with Crippen molar-refractivity contribution in [2.45, 2.75) is 19.4 Å². The zero-order valence-corrected chi connectivity index (χ0v) is 12.6. The number of aryl methyl sites for hydroxylation is 1. The van der Waals surface area contributed by atoms with Crippen LogP contribution in [0.15, 0.2) is 42.6 Å². The SMILES string of the molecule is CC(NCCCN(C)c1ccccc1)c1ccnn1C. The average molecular weight is 272 g/mol. The van der Waals surface area contributed by atoms with Gasteiger partial charge in [-0.05, 0) is 38.1 Å². The highest BCUT2D eigenvalue weighted by Crippen LogP contribution is 2.12. The molecule has 0 amide bonds. The molecule has 4 nitrogen and oxygen atoms in total. The van der Waals surface area contributed by atoms with Crippen LogP contribution in [-0.4, -0.2) is 29.9 Å². The fourth-order valence-corrected chi connectivity index (χ4v) is 2.36. The molecule has 1 atom stereocenters. The molecule has 0 spiro atoms. The van der Waals surface area contributed by atoms with Crippen molar-refractivity contribution >= 4 is 5.69 Å². The number of rotatable bonds is 7. The molecule has 0 saturated heterocycles. The van der Waals surface area contributed by atoms with Gasteiger partial charge in [0.1, 0.15) is 0 Å². The van der Waals surface area contributed by atoms with Gasteiger partial charge in [0.25, 0.3) is 0 Å². The summed E-state index contributed by atoms with van der Waals surface area (Å²) in [5, 5.41) is 7.75. The van der Waals surface area contributed by atoms with Crippen molar-refractivity contribution in [3.8, 4) is 0 Å². The first kappa shape index (κ1) is 14.6. The molecule has 1 aromatic carbocycles. The van der Waals surface area contributed by atoms with Gasteiger partial charge in [-0.3, -0.25) is 4.68 Å². The van der Waals surface area contributed by atoms with E-state index in [1.807, 2.05) is 17.9 Å². The smallest absolute Gasteiger partial charge is 0.0547 e. The molecule has 1 N–H and O–H groups in total. The van der Waals surface area contributed by atoms with E-state index in [1.165, 1.54) is 11.4 Å². The van der Waals surface area contributed by atoms with Crippen LogP contribution < -0.4 is 10.2 Å². The third-order valence-corrected chi connectivity index (χ3v) is 3.62. The molecule has 0 saturated carbocycles. The summed E-state index contributed by atoms with van der Waals surface area (Å²) in [4.78, 5) is 2.29. The van der Waals surface area contributed by atoms with Crippen LogP contribution in [0.25, 0.3) is 0 Å². The Morgan fingerprint density at radius 3 is 2.65 bits per heavy atom. The van der Waals surface area contributed by atoms with Crippen LogP contribution in [0.5, 0.6) is 0 Å². The van der Waals surface area contributed by atoms with Crippen LogP contribution in [0, 0.1) is 0 Å². The molecule has 0 aliphatic rings. The third-order valence-electron chi connectivity index (χ3n) is 3.62. The van der Waals surface area contributed by atoms with Crippen molar-refractivity contribution in [2.75, 3.05) is 25.0 Å². The second kappa shape index (κ2) is 7.10. The number of anilines is 1. The molecule has 4 heteroatoms. The largest absolute Gasteiger partial charge is 0.375 e. The fraction of sp³-hybridized carbons (Fsp3) is 0.438. The molecule has 1 unspecified atom stereocenters. The standard InChI is InChI=1S/C16H24N4/c1-14(16-10-12-18-20(16)3)17-11-7-13-19(2)15-8-5-4-6-9-15/h4-6,8-10,12,14,17H,7,11,13H2,1-3H3. The number of hydrogen-bond donors (Lipinski definition) is 1. The molecule has 0 aliphatic heterocycles. The Morgan fingerprint density at radius 1 is 1.25 bits per heavy atom. The van der Waals surface area contributed by atoms with E-state index in [9.17, 15) is 0 Å². The van der Waals surface area contributed by atoms with Crippen LogP contribution in [0.2, 0.25) is 0 Å². The normalized spacial score (nSPS) is 12.3. The predicted molar refractivity (Wildman–Crippen MR) is 84.0 cm³/mol. The van der Waals surface area contributed by atoms with Crippen LogP contribution in [0.4, 0.5) is 5.69 Å². The van der Waals surface area contributed by atoms with Gasteiger partial charge in [0.15, 0.2) is 0 Å². The fourth-order valence-electron chi connectivity index (χ4n) is 2.36. The van der Waals surface area contributed by atoms with Crippen molar-refractivity contribution in [3.63, 3.8) is 0 Å². The van der Waals surface area contributed by atoms with E-state index in [0.717, 1.165) is 19.5 Å². The van der Waals surface area contributed by atoms with E-state index in [2.05, 4.69) is 65.7 Å². The van der Waals surface area contributed by atoms with Crippen LogP contribution in [0.1, 0.15) is 25.1 Å². The number of aromatic nitrogens is 2. The van der Waals surface area contributed by atoms with Gasteiger partial charge < -0.3 is 10.2 Å². The summed E-state index contributed by atoms with van der Waals surface area (Å²) in [5.41, 5.74) is 2.49. The summed E-state index contributed by atoms with van der Waals surface area (Å²) in [7, 11) is 4.12. The monoisotopic (exact) mass is 272 g/mol. The van der Waals surface area contributed by atoms with Gasteiger partial charge >= 0.3 is 0 Å². The highest BCUT2D eigenvalue weighted by atomic mass is 15.3. The minimum atomic E-state index is 0.338. The number of nitrogens with one attached hydrogen (secondary N) is 1. The summed E-state index contributed by atoms with van der Waals surface area (Å²) in [6.45, 7) is 4.23. The van der Waals surface area contributed by atoms with Crippen molar-refractivity contribution in [2.24, 2.45) is 7.05 Å². The number of para-hydroxylation sites is 1. The van der Waals surface area contributed by atoms with Crippen LogP contribution >= 0.6 is 0 Å². The molecule has 2 aromatic rings. The van der Waals surface area contributed by atoms with Crippen LogP contribution in [0.3, 0.4) is 0 Å². The van der Waals surface area contributed by atoms with Gasteiger partial charge in [-0.15, -0.1) is 0 Å². The predicted octanol–water partition coefficient (Wildman–Crippen LogP) is 2.60. The van der Waals surface area contributed by atoms with Gasteiger partial charge in [0, 0.05) is 38.6 Å². The Labute approximate surface area is 121 Å². The van der Waals surface area contributed by atoms with E-state index in [1.54, 1.807) is 0 Å². The second-order valence-electron chi connectivity index (χ2n) is 5.17. The lowest BCUT2D eigenvalue weighted by molar-refractivity contribution is 0.521. The molecule has 0 radical (unpaired) electrons. The average Bonchev–Trinajstić information content (AvgIpc) is 2.90. The lowest BCUT2D eigenvalue weighted by atomic mass is 10.2. The van der Waals surface area contributed by atoms with Crippen molar-refractivity contribution < 1.29 is 0 Å². The van der Waals surface area contributed by atoms with Crippen LogP contribution in [-0.2, 0) is 7.05 Å². The van der Waals surface area contributed by atoms with Crippen molar-refractivity contribution in [1.29, 1.82) is 0 Å². The van der Waals surface area contributed by atoms with Gasteiger partial charge in [-0.1, -0.05) is 18.2 Å². The summed E-state index contributed by atoms with van der Waals surface area (Å²) in [6.07, 6.45) is 2.96. The summed E-state index contributed by atoms with van der Waals surface area (Å²) >= 11 is 0. The maximum absolute atomic E-state index is 4.20. The number of hydrogen-bond acceptors (Lipinski definition) is 3. The van der Waals surface area contributed by atoms with Crippen molar-refractivity contribution in [3.05, 3.63) is 48.3 Å². The first-order valence-corrected chi connectivity index (χ1v) is 7.16. The van der Waals surface area contributed by atoms with E-state index in [-0.39, 0.29) is 0 Å². The molecular weight excluding hydrogens is 248 g/mol. The molecule has 2 rings (SSSR count). The summed E-state index contributed by atoms with van der Waals surface area (Å²) in [5.74, 6) is 0. The first-order valence-electron chi connectivity index (χ1n) is 7.16. The Kier molecular flexibility index (Phi) is 5.18. The minimum absolute atomic E-state index is 0.338. The highest BCUT2D eigenvalue weighted by molar-refractivity contribution is 5.44. The van der Waals surface area contributed by atoms with E-state index < -0.39 is 0 Å². The Balaban J connectivity index is 1.70. The molecule has 0 aliphatic carbocycles. The first-order chi connectivity index (χ1) is 9.68. The quantitative estimate of drug-likeness (QED) is 0.787. The maximum atomic E-state index is 4.20. The van der Waals surface area contributed by atoms with Gasteiger partial charge in [-0.2, -0.15) is 5.10 Å². The zero-order valence-electron chi connectivity index (χ0n) is 12.6. The van der Waals surface area contributed by atoms with E-state index in [4.69, 9.17) is 0 Å². The Morgan fingerprint density at radius 2 is 2.00 bits per heavy atom. The second-order valence-corrected chi connectivity index (χ2v) is 5.17. The lowest BCUT2D eigenvalue weighted by Gasteiger charge is -2.20. The van der Waals surface area contributed by atoms with Crippen molar-refractivity contribution in [1.82, 2.24) is 15.1 Å². The molecule has 1 aromatic heterocycles. The number of nitrogens with zero attached hydrogens (tertiary/aromatic N) is 3. The molecule has 0 fully saturated rings. The maximum Gasteiger partial charge on any atom is 0.0547 e. The molecule has 20 heavy (non-hydrogen) atoms. The minimum Gasteiger partial charge on any atom is -0.375 e. The molecule has 108 valence electrons. The summed E-state index contributed by atoms with van der Waals surface area (Å²) in [6, 6.07) is 12.9.